The number of nitrogens with one attached hydrogen (secondary N) is 1. The predicted octanol–water partition coefficient (Wildman–Crippen LogP) is 3.01. The van der Waals surface area contributed by atoms with Gasteiger partial charge in [0.25, 0.3) is 0 Å². The zero-order valence-electron chi connectivity index (χ0n) is 17.8. The number of hydrogen-bond acceptors (Lipinski definition) is 4. The third kappa shape index (κ3) is 4.62. The highest BCUT2D eigenvalue weighted by Crippen LogP contribution is 2.25. The Labute approximate surface area is 177 Å². The fourth-order valence-electron chi connectivity index (χ4n) is 3.89. The van der Waals surface area contributed by atoms with Crippen LogP contribution < -0.4 is 5.32 Å². The molecular weight excluding hydrogens is 376 g/mol. The fraction of sp³-hybridized carbons (Fsp3) is 0.435. The fourth-order valence-corrected chi connectivity index (χ4v) is 3.89. The Morgan fingerprint density at radius 1 is 1.20 bits per heavy atom. The third-order valence-corrected chi connectivity index (χ3v) is 5.44. The summed E-state index contributed by atoms with van der Waals surface area (Å²) in [4.78, 5) is 7.20. The van der Waals surface area contributed by atoms with E-state index >= 15 is 0 Å². The van der Waals surface area contributed by atoms with E-state index in [0.717, 1.165) is 56.5 Å². The van der Waals surface area contributed by atoms with E-state index in [2.05, 4.69) is 58.5 Å². The summed E-state index contributed by atoms with van der Waals surface area (Å²) in [6.07, 6.45) is 3.86. The highest BCUT2D eigenvalue weighted by molar-refractivity contribution is 5.80. The van der Waals surface area contributed by atoms with E-state index in [1.165, 1.54) is 11.1 Å². The summed E-state index contributed by atoms with van der Waals surface area (Å²) in [5.74, 6) is 1.95. The van der Waals surface area contributed by atoms with E-state index in [9.17, 15) is 0 Å². The maximum Gasteiger partial charge on any atom is 0.194 e. The number of fused-ring (bicyclic) bond motifs is 1. The number of aliphatic imine (C=N–C) groups is 1. The topological polar surface area (TPSA) is 67.0 Å². The average Bonchev–Trinajstić information content (AvgIpc) is 3.19. The SMILES string of the molecule is CCNC(=NCCCc1nnc2ccccn12)N1CCOC(c2ccccc2C)C1. The molecule has 1 N–H and O–H groups in total. The van der Waals surface area contributed by atoms with Crippen molar-refractivity contribution >= 4 is 11.6 Å². The minimum Gasteiger partial charge on any atom is -0.370 e. The first-order valence-corrected chi connectivity index (χ1v) is 10.8. The van der Waals surface area contributed by atoms with Crippen molar-refractivity contribution in [2.75, 3.05) is 32.8 Å². The molecule has 2 aromatic heterocycles. The predicted molar refractivity (Wildman–Crippen MR) is 119 cm³/mol. The van der Waals surface area contributed by atoms with E-state index in [0.29, 0.717) is 6.61 Å². The molecule has 30 heavy (non-hydrogen) atoms. The lowest BCUT2D eigenvalue weighted by Crippen LogP contribution is -2.48. The number of aromatic nitrogens is 3. The molecule has 1 atom stereocenters. The second-order valence-electron chi connectivity index (χ2n) is 7.55. The number of ether oxygens (including phenoxy) is 1. The van der Waals surface area contributed by atoms with E-state index in [1.807, 2.05) is 28.8 Å². The van der Waals surface area contributed by atoms with Gasteiger partial charge in [0.1, 0.15) is 11.9 Å². The third-order valence-electron chi connectivity index (χ3n) is 5.44. The van der Waals surface area contributed by atoms with Crippen LogP contribution in [0.15, 0.2) is 53.7 Å². The molecule has 7 heteroatoms. The van der Waals surface area contributed by atoms with Crippen LogP contribution in [0.4, 0.5) is 0 Å². The minimum absolute atomic E-state index is 0.0752. The Bertz CT molecular complexity index is 998. The summed E-state index contributed by atoms with van der Waals surface area (Å²) >= 11 is 0. The van der Waals surface area contributed by atoms with Gasteiger partial charge in [0.15, 0.2) is 11.6 Å². The van der Waals surface area contributed by atoms with Gasteiger partial charge in [-0.1, -0.05) is 30.3 Å². The van der Waals surface area contributed by atoms with Gasteiger partial charge < -0.3 is 15.0 Å². The molecule has 1 unspecified atom stereocenters. The second kappa shape index (κ2) is 9.71. The van der Waals surface area contributed by atoms with Crippen LogP contribution in [0.2, 0.25) is 0 Å². The molecule has 1 saturated heterocycles. The highest BCUT2D eigenvalue weighted by Gasteiger charge is 2.25. The molecule has 1 aliphatic rings. The second-order valence-corrected chi connectivity index (χ2v) is 7.55. The quantitative estimate of drug-likeness (QED) is 0.387. The van der Waals surface area contributed by atoms with Crippen molar-refractivity contribution in [3.63, 3.8) is 0 Å². The zero-order valence-corrected chi connectivity index (χ0v) is 17.8. The number of aryl methyl sites for hydroxylation is 2. The Kier molecular flexibility index (Phi) is 6.59. The summed E-state index contributed by atoms with van der Waals surface area (Å²) < 4.78 is 8.12. The molecule has 1 aliphatic heterocycles. The molecule has 1 fully saturated rings. The molecule has 0 amide bonds. The number of nitrogens with zero attached hydrogens (tertiary/aromatic N) is 5. The van der Waals surface area contributed by atoms with Gasteiger partial charge in [0, 0.05) is 32.3 Å². The first-order chi connectivity index (χ1) is 14.8. The van der Waals surface area contributed by atoms with Crippen LogP contribution in [-0.4, -0.2) is 58.2 Å². The first kappa shape index (κ1) is 20.3. The first-order valence-electron chi connectivity index (χ1n) is 10.8. The summed E-state index contributed by atoms with van der Waals surface area (Å²) in [5.41, 5.74) is 3.42. The Morgan fingerprint density at radius 3 is 2.93 bits per heavy atom. The molecular formula is C23H30N6O. The number of morpholine rings is 1. The van der Waals surface area contributed by atoms with Crippen LogP contribution >= 0.6 is 0 Å². The summed E-state index contributed by atoms with van der Waals surface area (Å²) in [6.45, 7) is 8.21. The van der Waals surface area contributed by atoms with Gasteiger partial charge in [-0.15, -0.1) is 10.2 Å². The zero-order chi connectivity index (χ0) is 20.8. The van der Waals surface area contributed by atoms with Gasteiger partial charge in [-0.3, -0.25) is 9.39 Å². The van der Waals surface area contributed by atoms with Gasteiger partial charge in [0.2, 0.25) is 0 Å². The number of benzene rings is 1. The monoisotopic (exact) mass is 406 g/mol. The molecule has 3 heterocycles. The number of hydrogen-bond donors (Lipinski definition) is 1. The van der Waals surface area contributed by atoms with Crippen molar-refractivity contribution in [3.05, 3.63) is 65.6 Å². The summed E-state index contributed by atoms with van der Waals surface area (Å²) in [7, 11) is 0. The smallest absolute Gasteiger partial charge is 0.194 e. The molecule has 0 aliphatic carbocycles. The summed E-state index contributed by atoms with van der Waals surface area (Å²) in [5, 5.41) is 12.0. The minimum atomic E-state index is 0.0752. The largest absolute Gasteiger partial charge is 0.370 e. The molecule has 3 aromatic rings. The standard InChI is InChI=1S/C23H30N6O/c1-3-24-23(25-13-8-12-22-27-26-21-11-6-7-14-29(21)22)28-15-16-30-20(17-28)19-10-5-4-9-18(19)2/h4-7,9-11,14,20H,3,8,12-13,15-17H2,1-2H3,(H,24,25). The Hall–Kier alpha value is -2.93. The van der Waals surface area contributed by atoms with Gasteiger partial charge >= 0.3 is 0 Å². The molecule has 158 valence electrons. The van der Waals surface area contributed by atoms with Crippen molar-refractivity contribution in [1.29, 1.82) is 0 Å². The van der Waals surface area contributed by atoms with Crippen LogP contribution in [0, 0.1) is 6.92 Å². The Morgan fingerprint density at radius 2 is 2.07 bits per heavy atom. The number of guanidine groups is 1. The number of pyridine rings is 1. The molecule has 4 rings (SSSR count). The van der Waals surface area contributed by atoms with Gasteiger partial charge in [0.05, 0.1) is 13.2 Å². The van der Waals surface area contributed by atoms with E-state index < -0.39 is 0 Å². The lowest BCUT2D eigenvalue weighted by Gasteiger charge is -2.35. The van der Waals surface area contributed by atoms with Crippen molar-refractivity contribution < 1.29 is 4.74 Å². The molecule has 7 nitrogen and oxygen atoms in total. The van der Waals surface area contributed by atoms with Crippen molar-refractivity contribution in [1.82, 2.24) is 24.8 Å². The van der Waals surface area contributed by atoms with Crippen LogP contribution in [0.1, 0.15) is 36.4 Å². The molecule has 0 radical (unpaired) electrons. The van der Waals surface area contributed by atoms with Gasteiger partial charge in [-0.05, 0) is 43.5 Å². The van der Waals surface area contributed by atoms with Crippen molar-refractivity contribution in [3.8, 4) is 0 Å². The molecule has 0 spiro atoms. The van der Waals surface area contributed by atoms with Crippen molar-refractivity contribution in [2.24, 2.45) is 4.99 Å². The van der Waals surface area contributed by atoms with E-state index in [-0.39, 0.29) is 6.10 Å². The van der Waals surface area contributed by atoms with E-state index in [4.69, 9.17) is 9.73 Å². The maximum atomic E-state index is 6.08. The van der Waals surface area contributed by atoms with Crippen molar-refractivity contribution in [2.45, 2.75) is 32.8 Å². The van der Waals surface area contributed by atoms with Crippen LogP contribution in [-0.2, 0) is 11.2 Å². The maximum absolute atomic E-state index is 6.08. The van der Waals surface area contributed by atoms with Crippen LogP contribution in [0.3, 0.4) is 0 Å². The van der Waals surface area contributed by atoms with Crippen LogP contribution in [0.5, 0.6) is 0 Å². The normalized spacial score (nSPS) is 17.5. The van der Waals surface area contributed by atoms with Crippen LogP contribution in [0.25, 0.3) is 5.65 Å². The average molecular weight is 407 g/mol. The van der Waals surface area contributed by atoms with Gasteiger partial charge in [-0.2, -0.15) is 0 Å². The molecule has 1 aromatic carbocycles. The molecule has 0 bridgehead atoms. The van der Waals surface area contributed by atoms with E-state index in [1.54, 1.807) is 0 Å². The lowest BCUT2D eigenvalue weighted by molar-refractivity contribution is -0.00832. The Balaban J connectivity index is 1.38. The highest BCUT2D eigenvalue weighted by atomic mass is 16.5. The van der Waals surface area contributed by atoms with Gasteiger partial charge in [-0.25, -0.2) is 0 Å². The lowest BCUT2D eigenvalue weighted by atomic mass is 10.0. The molecule has 0 saturated carbocycles. The summed E-state index contributed by atoms with van der Waals surface area (Å²) in [6, 6.07) is 14.4. The number of rotatable bonds is 6.